The number of fused-ring (bicyclic) bond motifs is 2. The van der Waals surface area contributed by atoms with Crippen molar-refractivity contribution in [2.45, 2.75) is 12.5 Å². The Balaban J connectivity index is 1.51. The number of hydrogen-bond acceptors (Lipinski definition) is 6. The van der Waals surface area contributed by atoms with Gasteiger partial charge in [-0.2, -0.15) is 0 Å². The third kappa shape index (κ3) is 3.05. The van der Waals surface area contributed by atoms with E-state index in [0.717, 1.165) is 19.5 Å². The highest BCUT2D eigenvalue weighted by atomic mass is 35.5. The Morgan fingerprint density at radius 2 is 1.90 bits per heavy atom. The van der Waals surface area contributed by atoms with Crippen molar-refractivity contribution < 1.29 is 18.7 Å². The molecule has 2 heterocycles. The summed E-state index contributed by atoms with van der Waals surface area (Å²) in [5.41, 5.74) is 1.31. The van der Waals surface area contributed by atoms with Crippen molar-refractivity contribution in [1.29, 1.82) is 0 Å². The van der Waals surface area contributed by atoms with Crippen LogP contribution in [0.2, 0.25) is 5.02 Å². The fourth-order valence-corrected chi connectivity index (χ4v) is 3.94. The molecule has 0 N–H and O–H groups in total. The van der Waals surface area contributed by atoms with E-state index < -0.39 is 0 Å². The van der Waals surface area contributed by atoms with Crippen molar-refractivity contribution in [3.63, 3.8) is 0 Å². The van der Waals surface area contributed by atoms with Gasteiger partial charge in [0.1, 0.15) is 11.9 Å². The number of likely N-dealkylation sites (tertiary alicyclic amines) is 1. The van der Waals surface area contributed by atoms with Crippen LogP contribution in [0.5, 0.6) is 5.75 Å². The molecule has 6 nitrogen and oxygen atoms in total. The number of carbonyl (C=O) groups is 2. The van der Waals surface area contributed by atoms with Gasteiger partial charge in [-0.3, -0.25) is 9.59 Å². The van der Waals surface area contributed by atoms with Crippen molar-refractivity contribution in [2.24, 2.45) is 0 Å². The predicted octanol–water partition coefficient (Wildman–Crippen LogP) is 3.85. The van der Waals surface area contributed by atoms with E-state index >= 15 is 0 Å². The number of nitrogens with zero attached hydrogens (tertiary/aromatic N) is 2. The van der Waals surface area contributed by atoms with E-state index in [1.165, 1.54) is 0 Å². The summed E-state index contributed by atoms with van der Waals surface area (Å²) in [6, 6.07) is 11.9. The van der Waals surface area contributed by atoms with Gasteiger partial charge in [0.05, 0.1) is 5.02 Å². The number of ketones is 2. The van der Waals surface area contributed by atoms with Gasteiger partial charge in [-0.1, -0.05) is 35.9 Å². The van der Waals surface area contributed by atoms with Crippen LogP contribution in [0.3, 0.4) is 0 Å². The van der Waals surface area contributed by atoms with E-state index in [1.54, 1.807) is 42.5 Å². The van der Waals surface area contributed by atoms with Gasteiger partial charge < -0.3 is 14.1 Å². The molecule has 0 saturated carbocycles. The molecule has 7 heteroatoms. The molecule has 3 aromatic rings. The number of rotatable bonds is 3. The fourth-order valence-electron chi connectivity index (χ4n) is 3.78. The Hall–Kier alpha value is -2.96. The Morgan fingerprint density at radius 1 is 1.14 bits per heavy atom. The smallest absolute Gasteiger partial charge is 0.231 e. The summed E-state index contributed by atoms with van der Waals surface area (Å²) in [6.45, 7) is 1.80. The number of likely N-dealkylation sites (N-methyl/N-ethyl adjacent to an activating group) is 1. The highest BCUT2D eigenvalue weighted by Crippen LogP contribution is 2.35. The lowest BCUT2D eigenvalue weighted by Gasteiger charge is -2.15. The summed E-state index contributed by atoms with van der Waals surface area (Å²) < 4.78 is 11.8. The lowest BCUT2D eigenvalue weighted by molar-refractivity contribution is 0.0959. The van der Waals surface area contributed by atoms with Crippen molar-refractivity contribution in [1.82, 2.24) is 9.88 Å². The first kappa shape index (κ1) is 18.1. The van der Waals surface area contributed by atoms with Gasteiger partial charge in [-0.15, -0.1) is 0 Å². The van der Waals surface area contributed by atoms with E-state index in [4.69, 9.17) is 20.8 Å². The third-order valence-electron chi connectivity index (χ3n) is 5.28. The summed E-state index contributed by atoms with van der Waals surface area (Å²) in [4.78, 5) is 32.0. The molecule has 1 aliphatic carbocycles. The maximum absolute atomic E-state index is 12.8. The van der Waals surface area contributed by atoms with Crippen LogP contribution in [0.4, 0.5) is 0 Å². The molecule has 0 unspecified atom stereocenters. The molecule has 0 spiro atoms. The largest absolute Gasteiger partial charge is 0.487 e. The van der Waals surface area contributed by atoms with Gasteiger partial charge >= 0.3 is 0 Å². The fraction of sp³-hybridized carbons (Fsp3) is 0.227. The number of ether oxygens (including phenoxy) is 1. The summed E-state index contributed by atoms with van der Waals surface area (Å²) >= 11 is 6.31. The summed E-state index contributed by atoms with van der Waals surface area (Å²) in [5.74, 6) is 0.0349. The standard InChI is InChI=1S/C22H17ClN2O4/c1-25-9-8-13(11-25)28-17-10-12(6-7-16(17)23)22-24-18-19(26)14-4-2-3-5-15(14)20(27)21(18)29-22/h2-7,10,13H,8-9,11H2,1H3/t13-/m1/s1. The van der Waals surface area contributed by atoms with Crippen LogP contribution in [0.1, 0.15) is 38.6 Å². The molecule has 0 amide bonds. The molecule has 29 heavy (non-hydrogen) atoms. The maximum atomic E-state index is 12.8. The van der Waals surface area contributed by atoms with Gasteiger partial charge in [-0.05, 0) is 31.7 Å². The minimum atomic E-state index is -0.339. The third-order valence-corrected chi connectivity index (χ3v) is 5.60. The summed E-state index contributed by atoms with van der Waals surface area (Å²) in [5, 5.41) is 0.485. The number of carbonyl (C=O) groups excluding carboxylic acids is 2. The molecular formula is C22H17ClN2O4. The maximum Gasteiger partial charge on any atom is 0.231 e. The summed E-state index contributed by atoms with van der Waals surface area (Å²) in [7, 11) is 2.05. The molecule has 5 rings (SSSR count). The van der Waals surface area contributed by atoms with Crippen molar-refractivity contribution in [3.05, 3.63) is 70.1 Å². The van der Waals surface area contributed by atoms with Crippen LogP contribution in [0.25, 0.3) is 11.5 Å². The Labute approximate surface area is 172 Å². The number of benzene rings is 2. The van der Waals surface area contributed by atoms with Crippen LogP contribution in [-0.2, 0) is 0 Å². The number of halogens is 1. The van der Waals surface area contributed by atoms with E-state index in [2.05, 4.69) is 9.88 Å². The van der Waals surface area contributed by atoms with Gasteiger partial charge in [0, 0.05) is 29.8 Å². The van der Waals surface area contributed by atoms with Gasteiger partial charge in [0.25, 0.3) is 0 Å². The molecule has 0 bridgehead atoms. The molecule has 1 aliphatic heterocycles. The van der Waals surface area contributed by atoms with Crippen molar-refractivity contribution >= 4 is 23.2 Å². The molecule has 146 valence electrons. The first-order valence-corrected chi connectivity index (χ1v) is 9.73. The quantitative estimate of drug-likeness (QED) is 0.512. The van der Waals surface area contributed by atoms with Crippen molar-refractivity contribution in [3.8, 4) is 17.2 Å². The Bertz CT molecular complexity index is 1100. The SMILES string of the molecule is CN1CC[C@@H](Oc2cc(-c3nc4c(o3)C(=O)c3ccccc3C4=O)ccc2Cl)C1. The zero-order valence-electron chi connectivity index (χ0n) is 15.6. The second kappa shape index (κ2) is 6.83. The molecule has 2 aromatic carbocycles. The zero-order chi connectivity index (χ0) is 20.1. The highest BCUT2D eigenvalue weighted by Gasteiger charge is 2.35. The minimum absolute atomic E-state index is 0.0291. The van der Waals surface area contributed by atoms with Gasteiger partial charge in [-0.25, -0.2) is 4.98 Å². The molecule has 1 saturated heterocycles. The first-order valence-electron chi connectivity index (χ1n) is 9.35. The lowest BCUT2D eigenvalue weighted by atomic mass is 9.91. The van der Waals surface area contributed by atoms with Crippen LogP contribution in [0, 0.1) is 0 Å². The second-order valence-corrected chi connectivity index (χ2v) is 7.74. The van der Waals surface area contributed by atoms with E-state index in [1.807, 2.05) is 7.05 Å². The number of oxazole rings is 1. The highest BCUT2D eigenvalue weighted by molar-refractivity contribution is 6.32. The molecular weight excluding hydrogens is 392 g/mol. The van der Waals surface area contributed by atoms with Gasteiger partial charge in [0.15, 0.2) is 5.69 Å². The lowest BCUT2D eigenvalue weighted by Crippen LogP contribution is -2.21. The molecule has 1 atom stereocenters. The van der Waals surface area contributed by atoms with Crippen LogP contribution < -0.4 is 4.74 Å². The topological polar surface area (TPSA) is 72.6 Å². The molecule has 2 aliphatic rings. The number of hydrogen-bond donors (Lipinski definition) is 0. The Morgan fingerprint density at radius 3 is 2.62 bits per heavy atom. The molecule has 0 radical (unpaired) electrons. The number of aromatic nitrogens is 1. The average molecular weight is 409 g/mol. The Kier molecular flexibility index (Phi) is 4.26. The average Bonchev–Trinajstić information content (AvgIpc) is 3.35. The van der Waals surface area contributed by atoms with Crippen LogP contribution in [0.15, 0.2) is 46.9 Å². The normalized spacial score (nSPS) is 18.6. The van der Waals surface area contributed by atoms with Crippen LogP contribution >= 0.6 is 11.6 Å². The summed E-state index contributed by atoms with van der Waals surface area (Å²) in [6.07, 6.45) is 0.981. The zero-order valence-corrected chi connectivity index (χ0v) is 16.4. The molecule has 1 aromatic heterocycles. The molecule has 1 fully saturated rings. The monoisotopic (exact) mass is 408 g/mol. The minimum Gasteiger partial charge on any atom is -0.487 e. The first-order chi connectivity index (χ1) is 14.0. The van der Waals surface area contributed by atoms with E-state index in [9.17, 15) is 9.59 Å². The van der Waals surface area contributed by atoms with E-state index in [-0.39, 0.29) is 35.0 Å². The van der Waals surface area contributed by atoms with Gasteiger partial charge in [0.2, 0.25) is 23.2 Å². The van der Waals surface area contributed by atoms with E-state index in [0.29, 0.717) is 27.5 Å². The van der Waals surface area contributed by atoms with Crippen molar-refractivity contribution in [2.75, 3.05) is 20.1 Å². The van der Waals surface area contributed by atoms with Crippen LogP contribution in [-0.4, -0.2) is 47.7 Å². The second-order valence-electron chi connectivity index (χ2n) is 7.34. The predicted molar refractivity (Wildman–Crippen MR) is 107 cm³/mol.